The highest BCUT2D eigenvalue weighted by atomic mass is 32.1. The second-order valence-corrected chi connectivity index (χ2v) is 6.10. The van der Waals surface area contributed by atoms with Gasteiger partial charge in [-0.1, -0.05) is 29.8 Å². The van der Waals surface area contributed by atoms with Gasteiger partial charge in [-0.25, -0.2) is 0 Å². The van der Waals surface area contributed by atoms with E-state index in [1.807, 2.05) is 31.2 Å². The number of fused-ring (bicyclic) bond motifs is 1. The molecular weight excluding hydrogens is 296 g/mol. The molecule has 0 saturated heterocycles. The highest BCUT2D eigenvalue weighted by Gasteiger charge is 2.14. The van der Waals surface area contributed by atoms with Crippen molar-refractivity contribution in [2.45, 2.75) is 6.92 Å². The number of benzene rings is 2. The molecule has 1 aromatic heterocycles. The van der Waals surface area contributed by atoms with Gasteiger partial charge in [0, 0.05) is 4.70 Å². The molecule has 0 atom stereocenters. The Morgan fingerprint density at radius 2 is 1.86 bits per heavy atom. The number of para-hydroxylation sites is 1. The van der Waals surface area contributed by atoms with Crippen molar-refractivity contribution in [1.82, 2.24) is 0 Å². The van der Waals surface area contributed by atoms with E-state index >= 15 is 0 Å². The summed E-state index contributed by atoms with van der Waals surface area (Å²) >= 11 is 1.42. The van der Waals surface area contributed by atoms with Crippen LogP contribution in [0, 0.1) is 6.92 Å². The summed E-state index contributed by atoms with van der Waals surface area (Å²) in [6.07, 6.45) is 0. The molecule has 5 heteroatoms. The van der Waals surface area contributed by atoms with Crippen molar-refractivity contribution in [3.05, 3.63) is 64.5 Å². The lowest BCUT2D eigenvalue weighted by molar-refractivity contribution is 0.100. The fraction of sp³-hybridized carbons (Fsp3) is 0.0588. The smallest absolute Gasteiger partial charge is 0.265 e. The van der Waals surface area contributed by atoms with Crippen molar-refractivity contribution in [2.75, 3.05) is 5.32 Å². The minimum atomic E-state index is -0.567. The molecule has 22 heavy (non-hydrogen) atoms. The predicted octanol–water partition coefficient (Wildman–Crippen LogP) is 3.56. The quantitative estimate of drug-likeness (QED) is 0.776. The third-order valence-electron chi connectivity index (χ3n) is 3.34. The van der Waals surface area contributed by atoms with Gasteiger partial charge in [-0.05, 0) is 36.6 Å². The Kier molecular flexibility index (Phi) is 3.65. The number of aryl methyl sites for hydroxylation is 1. The molecule has 0 radical (unpaired) electrons. The monoisotopic (exact) mass is 310 g/mol. The average Bonchev–Trinajstić information content (AvgIpc) is 2.90. The zero-order valence-corrected chi connectivity index (χ0v) is 12.7. The second kappa shape index (κ2) is 5.61. The first kappa shape index (κ1) is 14.3. The van der Waals surface area contributed by atoms with Crippen LogP contribution in [0.4, 0.5) is 5.69 Å². The van der Waals surface area contributed by atoms with Gasteiger partial charge in [-0.15, -0.1) is 11.3 Å². The Bertz CT molecular complexity index is 883. The maximum atomic E-state index is 12.4. The van der Waals surface area contributed by atoms with Gasteiger partial charge in [0.25, 0.3) is 11.8 Å². The van der Waals surface area contributed by atoms with Crippen LogP contribution in [0.25, 0.3) is 10.1 Å². The number of hydrogen-bond acceptors (Lipinski definition) is 3. The van der Waals surface area contributed by atoms with E-state index in [0.717, 1.165) is 15.6 Å². The van der Waals surface area contributed by atoms with Gasteiger partial charge in [0.1, 0.15) is 0 Å². The number of hydrogen-bond donors (Lipinski definition) is 2. The topological polar surface area (TPSA) is 72.2 Å². The van der Waals surface area contributed by atoms with Crippen LogP contribution in [0.1, 0.15) is 25.6 Å². The van der Waals surface area contributed by atoms with Crippen molar-refractivity contribution < 1.29 is 9.59 Å². The van der Waals surface area contributed by atoms with Crippen LogP contribution in [0.15, 0.2) is 48.5 Å². The molecule has 3 aromatic rings. The largest absolute Gasteiger partial charge is 0.366 e. The molecule has 0 aliphatic rings. The highest BCUT2D eigenvalue weighted by molar-refractivity contribution is 7.20. The molecular formula is C17H14N2O2S. The molecule has 0 unspecified atom stereocenters. The lowest BCUT2D eigenvalue weighted by atomic mass is 10.1. The Hall–Kier alpha value is -2.66. The Morgan fingerprint density at radius 1 is 1.09 bits per heavy atom. The van der Waals surface area contributed by atoms with E-state index in [1.165, 1.54) is 11.3 Å². The normalized spacial score (nSPS) is 10.6. The zero-order valence-electron chi connectivity index (χ0n) is 11.9. The maximum absolute atomic E-state index is 12.4. The van der Waals surface area contributed by atoms with E-state index in [-0.39, 0.29) is 5.91 Å². The number of carbonyl (C=O) groups excluding carboxylic acids is 2. The predicted molar refractivity (Wildman–Crippen MR) is 89.5 cm³/mol. The third-order valence-corrected chi connectivity index (χ3v) is 4.45. The Balaban J connectivity index is 1.92. The van der Waals surface area contributed by atoms with Gasteiger partial charge in [0.15, 0.2) is 0 Å². The van der Waals surface area contributed by atoms with Crippen LogP contribution in [0.2, 0.25) is 0 Å². The van der Waals surface area contributed by atoms with Crippen molar-refractivity contribution >= 4 is 38.9 Å². The van der Waals surface area contributed by atoms with E-state index in [2.05, 4.69) is 5.32 Å². The molecule has 1 heterocycles. The molecule has 110 valence electrons. The SMILES string of the molecule is Cc1ccc2sc(C(=O)Nc3ccccc3C(N)=O)cc2c1. The zero-order chi connectivity index (χ0) is 15.7. The first-order valence-electron chi connectivity index (χ1n) is 6.75. The molecule has 2 aromatic carbocycles. The summed E-state index contributed by atoms with van der Waals surface area (Å²) < 4.78 is 1.05. The molecule has 0 aliphatic heterocycles. The number of thiophene rings is 1. The fourth-order valence-electron chi connectivity index (χ4n) is 2.27. The minimum absolute atomic E-state index is 0.243. The van der Waals surface area contributed by atoms with Crippen molar-refractivity contribution in [3.63, 3.8) is 0 Å². The second-order valence-electron chi connectivity index (χ2n) is 5.02. The van der Waals surface area contributed by atoms with Crippen LogP contribution < -0.4 is 11.1 Å². The molecule has 4 nitrogen and oxygen atoms in total. The summed E-state index contributed by atoms with van der Waals surface area (Å²) in [7, 11) is 0. The third kappa shape index (κ3) is 2.71. The molecule has 0 spiro atoms. The summed E-state index contributed by atoms with van der Waals surface area (Å²) in [5.74, 6) is -0.810. The van der Waals surface area contributed by atoms with Gasteiger partial charge < -0.3 is 11.1 Å². The van der Waals surface area contributed by atoms with E-state index in [0.29, 0.717) is 16.1 Å². The standard InChI is InChI=1S/C17H14N2O2S/c1-10-6-7-14-11(8-10)9-15(22-14)17(21)19-13-5-3-2-4-12(13)16(18)20/h2-9H,1H3,(H2,18,20)(H,19,21). The Labute approximate surface area is 131 Å². The van der Waals surface area contributed by atoms with Crippen molar-refractivity contribution in [2.24, 2.45) is 5.73 Å². The molecule has 0 aliphatic carbocycles. The molecule has 3 rings (SSSR count). The van der Waals surface area contributed by atoms with Gasteiger partial charge in [0.2, 0.25) is 0 Å². The number of anilines is 1. The van der Waals surface area contributed by atoms with Crippen LogP contribution >= 0.6 is 11.3 Å². The van der Waals surface area contributed by atoms with Crippen molar-refractivity contribution in [3.8, 4) is 0 Å². The molecule has 0 fully saturated rings. The summed E-state index contributed by atoms with van der Waals surface area (Å²) in [6, 6.07) is 14.6. The highest BCUT2D eigenvalue weighted by Crippen LogP contribution is 2.27. The van der Waals surface area contributed by atoms with E-state index in [4.69, 9.17) is 5.73 Å². The lowest BCUT2D eigenvalue weighted by Gasteiger charge is -2.07. The van der Waals surface area contributed by atoms with Crippen LogP contribution in [0.5, 0.6) is 0 Å². The number of rotatable bonds is 3. The first-order valence-corrected chi connectivity index (χ1v) is 7.56. The van der Waals surface area contributed by atoms with Gasteiger partial charge in [0.05, 0.1) is 16.1 Å². The maximum Gasteiger partial charge on any atom is 0.265 e. The summed E-state index contributed by atoms with van der Waals surface area (Å²) in [5, 5.41) is 3.79. The van der Waals surface area contributed by atoms with E-state index in [1.54, 1.807) is 24.3 Å². The number of nitrogens with one attached hydrogen (secondary N) is 1. The van der Waals surface area contributed by atoms with Crippen molar-refractivity contribution in [1.29, 1.82) is 0 Å². The Morgan fingerprint density at radius 3 is 2.64 bits per heavy atom. The number of primary amides is 1. The summed E-state index contributed by atoms with van der Waals surface area (Å²) in [4.78, 5) is 24.4. The lowest BCUT2D eigenvalue weighted by Crippen LogP contribution is -2.17. The first-order chi connectivity index (χ1) is 10.5. The number of carbonyl (C=O) groups is 2. The van der Waals surface area contributed by atoms with Crippen LogP contribution in [-0.2, 0) is 0 Å². The van der Waals surface area contributed by atoms with Crippen LogP contribution in [0.3, 0.4) is 0 Å². The molecule has 0 bridgehead atoms. The molecule has 2 amide bonds. The van der Waals surface area contributed by atoms with Gasteiger partial charge in [-0.3, -0.25) is 9.59 Å². The van der Waals surface area contributed by atoms with Gasteiger partial charge in [-0.2, -0.15) is 0 Å². The minimum Gasteiger partial charge on any atom is -0.366 e. The molecule has 0 saturated carbocycles. The number of nitrogens with two attached hydrogens (primary N) is 1. The summed E-state index contributed by atoms with van der Waals surface area (Å²) in [6.45, 7) is 2.01. The average molecular weight is 310 g/mol. The fourth-order valence-corrected chi connectivity index (χ4v) is 3.20. The summed E-state index contributed by atoms with van der Waals surface area (Å²) in [5.41, 5.74) is 7.19. The van der Waals surface area contributed by atoms with Gasteiger partial charge >= 0.3 is 0 Å². The van der Waals surface area contributed by atoms with E-state index < -0.39 is 5.91 Å². The number of amides is 2. The van der Waals surface area contributed by atoms with E-state index in [9.17, 15) is 9.59 Å². The van der Waals surface area contributed by atoms with Crippen LogP contribution in [-0.4, -0.2) is 11.8 Å². The molecule has 3 N–H and O–H groups in total.